The van der Waals surface area contributed by atoms with Crippen LogP contribution in [0.4, 0.5) is 5.69 Å². The van der Waals surface area contributed by atoms with Crippen LogP contribution in [0.25, 0.3) is 153 Å². The molecule has 14 aromatic carbocycles. The Bertz CT molecular complexity index is 6290. The van der Waals surface area contributed by atoms with Crippen LogP contribution in [0, 0.1) is 0 Å². The first-order valence-electron chi connectivity index (χ1n) is 33.8. The van der Waals surface area contributed by atoms with Crippen molar-refractivity contribution in [3.05, 3.63) is 324 Å². The molecule has 0 spiro atoms. The van der Waals surface area contributed by atoms with E-state index < -0.39 is 0 Å². The third-order valence-corrected chi connectivity index (χ3v) is 20.6. The predicted molar refractivity (Wildman–Crippen MR) is 434 cm³/mol. The molecule has 1 aliphatic rings. The smallest absolute Gasteiger partial charge is 0.399 e. The van der Waals surface area contributed by atoms with Gasteiger partial charge in [0, 0.05) is 59.2 Å². The van der Waals surface area contributed by atoms with E-state index in [1.54, 1.807) is 12.1 Å². The summed E-state index contributed by atoms with van der Waals surface area (Å²) < 4.78 is 12.5. The highest BCUT2D eigenvalue weighted by Crippen LogP contribution is 2.41. The van der Waals surface area contributed by atoms with E-state index in [-0.39, 0.29) is 18.3 Å². The molecule has 4 aromatic heterocycles. The van der Waals surface area contributed by atoms with Crippen LogP contribution in [0.15, 0.2) is 303 Å². The largest absolute Gasteiger partial charge is 0.494 e. The van der Waals surface area contributed by atoms with E-state index in [4.69, 9.17) is 76.4 Å². The van der Waals surface area contributed by atoms with Crippen molar-refractivity contribution in [2.75, 3.05) is 5.73 Å². The van der Waals surface area contributed by atoms with Gasteiger partial charge in [-0.2, -0.15) is 0 Å². The average Bonchev–Trinajstić information content (AvgIpc) is 0.923. The molecule has 0 bridgehead atoms. The lowest BCUT2D eigenvalue weighted by Crippen LogP contribution is -2.41. The SMILES string of the molecule is CC1(C)OB(c2ccc3nc(-c4cc5ccccc5c5ccccc45)ccc3c2)OC1(C)C.Clc1ccc2nc(-c3cc4ccccc4c4ccccc34)ccc2c1.Clc1ccc2nc(Cl)ccc2c1.Nc1ccc(Cl)cc1-c1ccc2nc(-c3cc4ccccc4c4ccccc34)ccc2c1. The summed E-state index contributed by atoms with van der Waals surface area (Å²) in [5, 5.41) is 21.7. The quantitative estimate of drug-likeness (QED) is 0.0794. The molecule has 7 nitrogen and oxygen atoms in total. The zero-order valence-electron chi connectivity index (χ0n) is 56.1. The molecule has 2 N–H and O–H groups in total. The third-order valence-electron chi connectivity index (χ3n) is 19.7. The molecule has 0 saturated carbocycles. The van der Waals surface area contributed by atoms with Crippen molar-refractivity contribution in [3.63, 3.8) is 0 Å². The van der Waals surface area contributed by atoms with E-state index in [1.807, 2.05) is 54.6 Å². The van der Waals surface area contributed by atoms with Gasteiger partial charge in [-0.3, -0.25) is 0 Å². The Kier molecular flexibility index (Phi) is 17.6. The van der Waals surface area contributed by atoms with E-state index >= 15 is 0 Å². The lowest BCUT2D eigenvalue weighted by molar-refractivity contribution is 0.00578. The molecule has 19 rings (SSSR count). The number of hydrogen-bond donors (Lipinski definition) is 1. The maximum absolute atomic E-state index is 6.24. The van der Waals surface area contributed by atoms with Crippen LogP contribution in [0.3, 0.4) is 0 Å². The second-order valence-corrected chi connectivity index (χ2v) is 28.3. The Morgan fingerprint density at radius 3 is 1.08 bits per heavy atom. The van der Waals surface area contributed by atoms with Crippen LogP contribution in [0.5, 0.6) is 0 Å². The van der Waals surface area contributed by atoms with Gasteiger partial charge in [0.05, 0.1) is 50.4 Å². The van der Waals surface area contributed by atoms with Crippen molar-refractivity contribution in [1.29, 1.82) is 0 Å². The molecular formula is C90H64BCl4N5O2. The normalized spacial score (nSPS) is 13.2. The molecule has 0 aliphatic carbocycles. The number of pyridine rings is 4. The maximum Gasteiger partial charge on any atom is 0.494 e. The van der Waals surface area contributed by atoms with Crippen LogP contribution in [-0.4, -0.2) is 38.3 Å². The second-order valence-electron chi connectivity index (χ2n) is 26.6. The Hall–Kier alpha value is -10.8. The van der Waals surface area contributed by atoms with Crippen molar-refractivity contribution in [2.45, 2.75) is 38.9 Å². The van der Waals surface area contributed by atoms with Gasteiger partial charge in [0.25, 0.3) is 0 Å². The van der Waals surface area contributed by atoms with Crippen LogP contribution >= 0.6 is 46.4 Å². The van der Waals surface area contributed by atoms with Crippen LogP contribution < -0.4 is 11.2 Å². The summed E-state index contributed by atoms with van der Waals surface area (Å²) in [7, 11) is -0.372. The molecule has 0 unspecified atom stereocenters. The molecule has 0 radical (unpaired) electrons. The molecule has 1 saturated heterocycles. The van der Waals surface area contributed by atoms with Crippen molar-refractivity contribution in [3.8, 4) is 44.9 Å². The zero-order chi connectivity index (χ0) is 69.8. The first kappa shape index (κ1) is 65.8. The number of nitrogens with zero attached hydrogens (tertiary/aromatic N) is 4. The molecule has 0 amide bonds. The van der Waals surface area contributed by atoms with Gasteiger partial charge in [-0.1, -0.05) is 228 Å². The molecule has 1 aliphatic heterocycles. The number of aromatic nitrogens is 4. The van der Waals surface area contributed by atoms with Gasteiger partial charge in [-0.15, -0.1) is 0 Å². The van der Waals surface area contributed by atoms with Gasteiger partial charge in [-0.05, 0) is 230 Å². The standard InChI is InChI=1S/C29H26BNO2.C29H19ClN2.C23H14ClN.C9H5Cl2N/c1-28(2)29(3,4)33-30(32-28)21-14-16-26-20(17-21)13-15-27(31-26)25-18-19-9-5-6-10-22(19)23-11-7-8-12-24(23)25;30-21-11-12-27(31)25(17-21)19-9-13-28-20(15-19)10-14-29(32-28)26-16-18-5-1-2-6-22(18)23-7-3-4-8-24(23)26;24-17-10-12-22-16(13-17)9-11-23(25-22)21-14-15-5-1-2-6-18(15)19-7-3-4-8-20(19)21;10-7-2-3-8-6(5-7)1-4-9(11)12-8/h5-18H,1-4H3;1-17H,31H2;1-14H;1-5H. The van der Waals surface area contributed by atoms with Gasteiger partial charge >= 0.3 is 7.12 Å². The highest BCUT2D eigenvalue weighted by molar-refractivity contribution is 6.62. The van der Waals surface area contributed by atoms with E-state index in [0.29, 0.717) is 20.9 Å². The monoisotopic (exact) mass is 1400 g/mol. The molecule has 102 heavy (non-hydrogen) atoms. The Labute approximate surface area is 610 Å². The number of nitrogens with two attached hydrogens (primary N) is 1. The van der Waals surface area contributed by atoms with Crippen LogP contribution in [-0.2, 0) is 9.31 Å². The summed E-state index contributed by atoms with van der Waals surface area (Å²) in [4.78, 5) is 19.1. The summed E-state index contributed by atoms with van der Waals surface area (Å²) in [6.45, 7) is 8.32. The molecule has 1 fully saturated rings. The number of fused-ring (bicyclic) bond motifs is 13. The topological polar surface area (TPSA) is 96.0 Å². The van der Waals surface area contributed by atoms with E-state index in [0.717, 1.165) is 99.0 Å². The van der Waals surface area contributed by atoms with Crippen molar-refractivity contribution >= 4 is 173 Å². The Morgan fingerprint density at radius 1 is 0.284 bits per heavy atom. The minimum atomic E-state index is -0.372. The molecule has 12 heteroatoms. The third kappa shape index (κ3) is 13.0. The minimum absolute atomic E-state index is 0.355. The number of benzene rings is 14. The van der Waals surface area contributed by atoms with Crippen molar-refractivity contribution < 1.29 is 9.31 Å². The van der Waals surface area contributed by atoms with Crippen LogP contribution in [0.1, 0.15) is 27.7 Å². The number of hydrogen-bond acceptors (Lipinski definition) is 7. The summed E-state index contributed by atoms with van der Waals surface area (Å²) in [5.41, 5.74) is 19.3. The average molecular weight is 1400 g/mol. The number of anilines is 1. The van der Waals surface area contributed by atoms with E-state index in [9.17, 15) is 0 Å². The number of halogens is 4. The first-order chi connectivity index (χ1) is 49.5. The zero-order valence-corrected chi connectivity index (χ0v) is 59.2. The summed E-state index contributed by atoms with van der Waals surface area (Å²) in [6.07, 6.45) is 0. The molecule has 5 heterocycles. The Balaban J connectivity index is 0.000000110. The molecule has 18 aromatic rings. The van der Waals surface area contributed by atoms with Crippen LogP contribution in [0.2, 0.25) is 20.2 Å². The maximum atomic E-state index is 6.24. The fraction of sp³-hybridized carbons (Fsp3) is 0.0667. The van der Waals surface area contributed by atoms with Gasteiger partial charge < -0.3 is 15.0 Å². The summed E-state index contributed by atoms with van der Waals surface area (Å²) >= 11 is 23.8. The van der Waals surface area contributed by atoms with E-state index in [2.05, 4.69) is 269 Å². The van der Waals surface area contributed by atoms with Gasteiger partial charge in [-0.25, -0.2) is 19.9 Å². The molecule has 0 atom stereocenters. The summed E-state index contributed by atoms with van der Waals surface area (Å²) in [5.74, 6) is 0. The highest BCUT2D eigenvalue weighted by Gasteiger charge is 2.51. The van der Waals surface area contributed by atoms with Crippen molar-refractivity contribution in [2.24, 2.45) is 0 Å². The van der Waals surface area contributed by atoms with E-state index in [1.165, 1.54) is 64.6 Å². The van der Waals surface area contributed by atoms with Crippen molar-refractivity contribution in [1.82, 2.24) is 19.9 Å². The number of nitrogen functional groups attached to an aromatic ring is 1. The first-order valence-corrected chi connectivity index (χ1v) is 35.3. The lowest BCUT2D eigenvalue weighted by Gasteiger charge is -2.32. The highest BCUT2D eigenvalue weighted by atomic mass is 35.5. The summed E-state index contributed by atoms with van der Waals surface area (Å²) in [6, 6.07) is 104. The fourth-order valence-electron chi connectivity index (χ4n) is 13.8. The second kappa shape index (κ2) is 27.3. The van der Waals surface area contributed by atoms with Gasteiger partial charge in [0.15, 0.2) is 0 Å². The minimum Gasteiger partial charge on any atom is -0.399 e. The Morgan fingerprint density at radius 2 is 0.627 bits per heavy atom. The molecular weight excluding hydrogens is 1340 g/mol. The van der Waals surface area contributed by atoms with Gasteiger partial charge in [0.1, 0.15) is 5.15 Å². The van der Waals surface area contributed by atoms with Gasteiger partial charge in [0.2, 0.25) is 0 Å². The lowest BCUT2D eigenvalue weighted by atomic mass is 9.78. The fourth-order valence-corrected chi connectivity index (χ4v) is 14.4. The number of rotatable bonds is 5. The predicted octanol–water partition coefficient (Wildman–Crippen LogP) is 25.0. The molecule has 492 valence electrons.